The summed E-state index contributed by atoms with van der Waals surface area (Å²) in [5.41, 5.74) is 7.32. The van der Waals surface area contributed by atoms with Gasteiger partial charge in [0.05, 0.1) is 16.9 Å². The lowest BCUT2D eigenvalue weighted by atomic mass is 9.92. The summed E-state index contributed by atoms with van der Waals surface area (Å²) in [6.07, 6.45) is 1.13. The molecule has 5 nitrogen and oxygen atoms in total. The molecule has 2 N–H and O–H groups in total. The summed E-state index contributed by atoms with van der Waals surface area (Å²) in [4.78, 5) is 4.69. The van der Waals surface area contributed by atoms with Crippen LogP contribution in [0.1, 0.15) is 43.4 Å². The van der Waals surface area contributed by atoms with Gasteiger partial charge in [0.1, 0.15) is 16.7 Å². The first kappa shape index (κ1) is 19.1. The van der Waals surface area contributed by atoms with Gasteiger partial charge < -0.3 is 5.73 Å². The third-order valence-corrected chi connectivity index (χ3v) is 10.1. The van der Waals surface area contributed by atoms with Crippen LogP contribution in [0.3, 0.4) is 0 Å². The molecule has 7 heteroatoms. The molecule has 30 heavy (non-hydrogen) atoms. The second-order valence-corrected chi connectivity index (χ2v) is 11.6. The molecule has 0 unspecified atom stereocenters. The highest BCUT2D eigenvalue weighted by molar-refractivity contribution is 7.94. The van der Waals surface area contributed by atoms with Crippen molar-refractivity contribution in [2.24, 2.45) is 10.7 Å². The number of fused-ring (bicyclic) bond motifs is 3. The first-order chi connectivity index (χ1) is 14.2. The summed E-state index contributed by atoms with van der Waals surface area (Å²) in [6.45, 7) is 3.58. The highest BCUT2D eigenvalue weighted by atomic mass is 32.2. The van der Waals surface area contributed by atoms with E-state index in [4.69, 9.17) is 10.7 Å². The first-order valence-corrected chi connectivity index (χ1v) is 12.1. The van der Waals surface area contributed by atoms with Crippen molar-refractivity contribution in [3.63, 3.8) is 0 Å². The summed E-state index contributed by atoms with van der Waals surface area (Å²) in [5.74, 6) is 6.07. The molecule has 2 heterocycles. The van der Waals surface area contributed by atoms with Crippen LogP contribution in [-0.2, 0) is 15.4 Å². The fraction of sp³-hybridized carbons (Fsp3) is 0.304. The highest BCUT2D eigenvalue weighted by Gasteiger charge is 2.62. The third kappa shape index (κ3) is 2.52. The molecule has 1 aromatic heterocycles. The van der Waals surface area contributed by atoms with E-state index < -0.39 is 20.1 Å². The van der Waals surface area contributed by atoms with Gasteiger partial charge in [-0.25, -0.2) is 8.42 Å². The fourth-order valence-corrected chi connectivity index (χ4v) is 7.83. The molecule has 1 fully saturated rings. The predicted molar refractivity (Wildman–Crippen MR) is 121 cm³/mol. The second-order valence-electron chi connectivity index (χ2n) is 8.22. The number of nitrogens with zero attached hydrogens (tertiary/aromatic N) is 2. The number of hydrogen-bond acceptors (Lipinski definition) is 6. The molecule has 2 aromatic carbocycles. The molecule has 3 aromatic rings. The van der Waals surface area contributed by atoms with Crippen molar-refractivity contribution in [1.82, 2.24) is 0 Å². The quantitative estimate of drug-likeness (QED) is 0.590. The van der Waals surface area contributed by atoms with Crippen molar-refractivity contribution in [2.45, 2.75) is 37.0 Å². The Bertz CT molecular complexity index is 1490. The molecule has 5 rings (SSSR count). The first-order valence-electron chi connectivity index (χ1n) is 9.65. The normalized spacial score (nSPS) is 23.6. The van der Waals surface area contributed by atoms with E-state index in [-0.39, 0.29) is 11.6 Å². The van der Waals surface area contributed by atoms with E-state index in [9.17, 15) is 13.7 Å². The Kier molecular flexibility index (Phi) is 3.87. The van der Waals surface area contributed by atoms with Crippen molar-refractivity contribution < 1.29 is 8.42 Å². The van der Waals surface area contributed by atoms with Gasteiger partial charge in [-0.2, -0.15) is 5.26 Å². The topological polar surface area (TPSA) is 96.3 Å². The standard InChI is InChI=1S/C23H19N3O2S2/c1-3-4-14-9-17-18-11-16(5-6-19(18)29-20(17)10-15(14)12-24)22(2)13-30(27,28)23(7-8-23)21(25)26-22/h5-6,9-11H,7-8,13H2,1-2H3,(H2,25,26)/t22-/m0/s1. The van der Waals surface area contributed by atoms with E-state index in [1.807, 2.05) is 37.3 Å². The molecule has 0 bridgehead atoms. The van der Waals surface area contributed by atoms with Crippen LogP contribution >= 0.6 is 11.3 Å². The number of hydrogen-bond donors (Lipinski definition) is 1. The minimum Gasteiger partial charge on any atom is -0.386 e. The van der Waals surface area contributed by atoms with Crippen LogP contribution in [-0.4, -0.2) is 24.8 Å². The molecular formula is C23H19N3O2S2. The van der Waals surface area contributed by atoms with Crippen molar-refractivity contribution in [3.05, 3.63) is 47.0 Å². The molecule has 2 aliphatic rings. The summed E-state index contributed by atoms with van der Waals surface area (Å²) in [7, 11) is -3.37. The van der Waals surface area contributed by atoms with E-state index in [2.05, 4.69) is 17.9 Å². The van der Waals surface area contributed by atoms with Gasteiger partial charge in [-0.1, -0.05) is 12.0 Å². The molecule has 1 saturated carbocycles. The Morgan fingerprint density at radius 1 is 1.13 bits per heavy atom. The molecule has 1 aliphatic heterocycles. The molecule has 1 spiro atoms. The second kappa shape index (κ2) is 6.07. The molecule has 0 saturated heterocycles. The maximum absolute atomic E-state index is 13.0. The summed E-state index contributed by atoms with van der Waals surface area (Å²) in [6, 6.07) is 12.0. The van der Waals surface area contributed by atoms with Gasteiger partial charge in [0.15, 0.2) is 9.84 Å². The monoisotopic (exact) mass is 433 g/mol. The van der Waals surface area contributed by atoms with E-state index >= 15 is 0 Å². The Morgan fingerprint density at radius 2 is 1.87 bits per heavy atom. The van der Waals surface area contributed by atoms with Gasteiger partial charge in [0.25, 0.3) is 0 Å². The molecular weight excluding hydrogens is 414 g/mol. The average molecular weight is 434 g/mol. The largest absolute Gasteiger partial charge is 0.386 e. The van der Waals surface area contributed by atoms with E-state index in [1.165, 1.54) is 0 Å². The summed E-state index contributed by atoms with van der Waals surface area (Å²) < 4.78 is 27.1. The lowest BCUT2D eigenvalue weighted by Crippen LogP contribution is -2.50. The fourth-order valence-electron chi connectivity index (χ4n) is 4.38. The maximum Gasteiger partial charge on any atom is 0.165 e. The number of sulfone groups is 1. The minimum atomic E-state index is -3.37. The number of amidine groups is 1. The number of aliphatic imine (C=N–C) groups is 1. The zero-order valence-corrected chi connectivity index (χ0v) is 18.2. The van der Waals surface area contributed by atoms with Gasteiger partial charge in [-0.05, 0) is 56.5 Å². The Labute approximate surface area is 179 Å². The van der Waals surface area contributed by atoms with Gasteiger partial charge in [0.2, 0.25) is 0 Å². The summed E-state index contributed by atoms with van der Waals surface area (Å²) in [5, 5.41) is 11.5. The number of nitriles is 1. The smallest absolute Gasteiger partial charge is 0.165 e. The molecule has 1 aliphatic carbocycles. The van der Waals surface area contributed by atoms with Gasteiger partial charge in [-0.3, -0.25) is 4.99 Å². The zero-order valence-electron chi connectivity index (χ0n) is 16.6. The SMILES string of the molecule is CC#Cc1cc2c(cc1C#N)sc1ccc([C@]3(C)CS(=O)(=O)C4(CC4)C(N)=N3)cc12. The van der Waals surface area contributed by atoms with Crippen LogP contribution < -0.4 is 5.73 Å². The molecule has 150 valence electrons. The Balaban J connectivity index is 1.72. The number of thiophene rings is 1. The van der Waals surface area contributed by atoms with Crippen LogP contribution in [0.4, 0.5) is 0 Å². The average Bonchev–Trinajstić information content (AvgIpc) is 3.44. The van der Waals surface area contributed by atoms with Crippen LogP contribution in [0.5, 0.6) is 0 Å². The van der Waals surface area contributed by atoms with E-state index in [0.717, 1.165) is 25.7 Å². The Hall–Kier alpha value is -2.87. The Morgan fingerprint density at radius 3 is 2.50 bits per heavy atom. The van der Waals surface area contributed by atoms with Crippen molar-refractivity contribution >= 4 is 47.2 Å². The lowest BCUT2D eigenvalue weighted by molar-refractivity contribution is 0.513. The number of rotatable bonds is 1. The van der Waals surface area contributed by atoms with E-state index in [0.29, 0.717) is 24.0 Å². The van der Waals surface area contributed by atoms with Crippen molar-refractivity contribution in [1.29, 1.82) is 5.26 Å². The van der Waals surface area contributed by atoms with Gasteiger partial charge in [-0.15, -0.1) is 17.3 Å². The van der Waals surface area contributed by atoms with Crippen LogP contribution in [0.15, 0.2) is 35.3 Å². The van der Waals surface area contributed by atoms with Gasteiger partial charge >= 0.3 is 0 Å². The maximum atomic E-state index is 13.0. The van der Waals surface area contributed by atoms with Crippen LogP contribution in [0.2, 0.25) is 0 Å². The summed E-state index contributed by atoms with van der Waals surface area (Å²) >= 11 is 1.60. The zero-order chi connectivity index (χ0) is 21.3. The van der Waals surface area contributed by atoms with Crippen molar-refractivity contribution in [3.8, 4) is 17.9 Å². The van der Waals surface area contributed by atoms with Gasteiger partial charge in [0, 0.05) is 25.7 Å². The lowest BCUT2D eigenvalue weighted by Gasteiger charge is -2.34. The third-order valence-electron chi connectivity index (χ3n) is 6.22. The highest BCUT2D eigenvalue weighted by Crippen LogP contribution is 2.50. The minimum absolute atomic E-state index is 0.0422. The van der Waals surface area contributed by atoms with Crippen molar-refractivity contribution in [2.75, 3.05) is 5.75 Å². The number of nitrogens with two attached hydrogens (primary N) is 1. The molecule has 1 atom stereocenters. The van der Waals surface area contributed by atoms with Crippen LogP contribution in [0, 0.1) is 23.2 Å². The predicted octanol–water partition coefficient (Wildman–Crippen LogP) is 3.83. The number of benzene rings is 2. The molecule has 0 amide bonds. The molecule has 0 radical (unpaired) electrons. The van der Waals surface area contributed by atoms with Crippen LogP contribution in [0.25, 0.3) is 20.2 Å². The van der Waals surface area contributed by atoms with E-state index in [1.54, 1.807) is 18.3 Å².